The van der Waals surface area contributed by atoms with Gasteiger partial charge in [-0.25, -0.2) is 0 Å². The minimum Gasteiger partial charge on any atom is -0.444 e. The SMILES string of the molecule is C=C1CC(=O)C2=C(C1)OC(N)=C(C#N)C2c1ccccc1. The summed E-state index contributed by atoms with van der Waals surface area (Å²) < 4.78 is 5.52. The van der Waals surface area contributed by atoms with Gasteiger partial charge in [0, 0.05) is 18.4 Å². The minimum atomic E-state index is -0.444. The van der Waals surface area contributed by atoms with E-state index in [1.54, 1.807) is 0 Å². The van der Waals surface area contributed by atoms with Gasteiger partial charge in [-0.1, -0.05) is 42.5 Å². The van der Waals surface area contributed by atoms with Gasteiger partial charge < -0.3 is 10.5 Å². The van der Waals surface area contributed by atoms with E-state index in [0.717, 1.165) is 11.1 Å². The molecule has 1 aliphatic carbocycles. The summed E-state index contributed by atoms with van der Waals surface area (Å²) in [6.45, 7) is 3.86. The predicted molar refractivity (Wildman–Crippen MR) is 77.5 cm³/mol. The smallest absolute Gasteiger partial charge is 0.205 e. The summed E-state index contributed by atoms with van der Waals surface area (Å²) in [7, 11) is 0. The molecule has 3 rings (SSSR count). The molecule has 104 valence electrons. The second-order valence-electron chi connectivity index (χ2n) is 5.20. The van der Waals surface area contributed by atoms with Gasteiger partial charge in [0.2, 0.25) is 5.88 Å². The van der Waals surface area contributed by atoms with Gasteiger partial charge in [0.1, 0.15) is 17.4 Å². The van der Waals surface area contributed by atoms with E-state index >= 15 is 0 Å². The molecule has 1 unspecified atom stereocenters. The van der Waals surface area contributed by atoms with Crippen molar-refractivity contribution in [3.63, 3.8) is 0 Å². The average molecular weight is 278 g/mol. The van der Waals surface area contributed by atoms with E-state index in [0.29, 0.717) is 29.7 Å². The number of ketones is 1. The first-order valence-corrected chi connectivity index (χ1v) is 6.67. The third-order valence-electron chi connectivity index (χ3n) is 3.75. The highest BCUT2D eigenvalue weighted by atomic mass is 16.5. The number of benzene rings is 1. The summed E-state index contributed by atoms with van der Waals surface area (Å²) in [4.78, 5) is 12.4. The molecule has 0 saturated carbocycles. The van der Waals surface area contributed by atoms with E-state index in [1.807, 2.05) is 30.3 Å². The number of hydrogen-bond donors (Lipinski definition) is 1. The zero-order valence-electron chi connectivity index (χ0n) is 11.4. The Kier molecular flexibility index (Phi) is 3.11. The van der Waals surface area contributed by atoms with Crippen molar-refractivity contribution in [2.75, 3.05) is 0 Å². The van der Waals surface area contributed by atoms with Crippen LogP contribution in [0.3, 0.4) is 0 Å². The zero-order valence-corrected chi connectivity index (χ0v) is 11.4. The maximum Gasteiger partial charge on any atom is 0.205 e. The van der Waals surface area contributed by atoms with Crippen LogP contribution in [0, 0.1) is 11.3 Å². The molecule has 1 aromatic rings. The standard InChI is InChI=1S/C17H14N2O2/c1-10-7-13(20)16-14(8-10)21-17(19)12(9-18)15(16)11-5-3-2-4-6-11/h2-6,15H,1,7-8,19H2. The first kappa shape index (κ1) is 13.2. The summed E-state index contributed by atoms with van der Waals surface area (Å²) in [5, 5.41) is 9.40. The number of rotatable bonds is 1. The molecule has 0 spiro atoms. The van der Waals surface area contributed by atoms with Crippen LogP contribution >= 0.6 is 0 Å². The van der Waals surface area contributed by atoms with Crippen LogP contribution < -0.4 is 5.73 Å². The fraction of sp³-hybridized carbons (Fsp3) is 0.176. The van der Waals surface area contributed by atoms with E-state index in [4.69, 9.17) is 10.5 Å². The van der Waals surface area contributed by atoms with Crippen molar-refractivity contribution < 1.29 is 9.53 Å². The minimum absolute atomic E-state index is 0.0460. The van der Waals surface area contributed by atoms with Crippen LogP contribution in [0.1, 0.15) is 24.3 Å². The van der Waals surface area contributed by atoms with Crippen molar-refractivity contribution in [3.8, 4) is 6.07 Å². The van der Waals surface area contributed by atoms with Crippen molar-refractivity contribution >= 4 is 5.78 Å². The number of carbonyl (C=O) groups is 1. The topological polar surface area (TPSA) is 76.1 Å². The Bertz CT molecular complexity index is 736. The molecule has 0 amide bonds. The highest BCUT2D eigenvalue weighted by Crippen LogP contribution is 2.43. The second-order valence-corrected chi connectivity index (χ2v) is 5.20. The lowest BCUT2D eigenvalue weighted by Gasteiger charge is -2.31. The molecule has 0 fully saturated rings. The summed E-state index contributed by atoms with van der Waals surface area (Å²) in [5.41, 5.74) is 8.38. The first-order valence-electron chi connectivity index (χ1n) is 6.67. The average Bonchev–Trinajstić information content (AvgIpc) is 2.46. The van der Waals surface area contributed by atoms with Crippen molar-refractivity contribution in [2.24, 2.45) is 5.73 Å². The van der Waals surface area contributed by atoms with E-state index in [2.05, 4.69) is 12.6 Å². The van der Waals surface area contributed by atoms with Gasteiger partial charge in [0.05, 0.1) is 5.92 Å². The van der Waals surface area contributed by atoms with Crippen molar-refractivity contribution in [1.82, 2.24) is 0 Å². The summed E-state index contributed by atoms with van der Waals surface area (Å²) in [6.07, 6.45) is 0.786. The lowest BCUT2D eigenvalue weighted by atomic mass is 9.77. The molecule has 0 bridgehead atoms. The maximum atomic E-state index is 12.4. The van der Waals surface area contributed by atoms with Gasteiger partial charge in [-0.15, -0.1) is 0 Å². The number of ether oxygens (including phenoxy) is 1. The van der Waals surface area contributed by atoms with Gasteiger partial charge >= 0.3 is 0 Å². The van der Waals surface area contributed by atoms with E-state index < -0.39 is 5.92 Å². The van der Waals surface area contributed by atoms with Crippen LogP contribution in [0.4, 0.5) is 0 Å². The van der Waals surface area contributed by atoms with Crippen LogP contribution in [-0.2, 0) is 9.53 Å². The van der Waals surface area contributed by atoms with Gasteiger partial charge in [-0.2, -0.15) is 5.26 Å². The molecule has 2 N–H and O–H groups in total. The molecule has 0 radical (unpaired) electrons. The van der Waals surface area contributed by atoms with Crippen LogP contribution in [0.15, 0.2) is 65.3 Å². The zero-order chi connectivity index (χ0) is 15.0. The van der Waals surface area contributed by atoms with Crippen LogP contribution in [0.25, 0.3) is 0 Å². The monoisotopic (exact) mass is 278 g/mol. The van der Waals surface area contributed by atoms with Crippen molar-refractivity contribution in [2.45, 2.75) is 18.8 Å². The highest BCUT2D eigenvalue weighted by Gasteiger charge is 2.38. The molecule has 0 aromatic heterocycles. The lowest BCUT2D eigenvalue weighted by Crippen LogP contribution is -2.27. The molecule has 1 aliphatic heterocycles. The molecule has 4 heteroatoms. The van der Waals surface area contributed by atoms with E-state index in [1.165, 1.54) is 0 Å². The number of Topliss-reactive ketones (excluding diaryl/α,β-unsaturated/α-hetero) is 1. The molecule has 1 aromatic carbocycles. The number of nitriles is 1. The predicted octanol–water partition coefficient (Wildman–Crippen LogP) is 2.67. The summed E-state index contributed by atoms with van der Waals surface area (Å²) >= 11 is 0. The fourth-order valence-corrected chi connectivity index (χ4v) is 2.85. The van der Waals surface area contributed by atoms with Gasteiger partial charge in [0.15, 0.2) is 5.78 Å². The van der Waals surface area contributed by atoms with E-state index in [-0.39, 0.29) is 11.7 Å². The summed E-state index contributed by atoms with van der Waals surface area (Å²) in [5.74, 6) is 0.116. The number of nitrogens with two attached hydrogens (primary N) is 1. The Hall–Kier alpha value is -2.80. The number of carbonyl (C=O) groups excluding carboxylic acids is 1. The molecular formula is C17H14N2O2. The third-order valence-corrected chi connectivity index (χ3v) is 3.75. The first-order chi connectivity index (χ1) is 10.1. The van der Waals surface area contributed by atoms with Crippen LogP contribution in [0.2, 0.25) is 0 Å². The largest absolute Gasteiger partial charge is 0.444 e. The Morgan fingerprint density at radius 3 is 2.67 bits per heavy atom. The quantitative estimate of drug-likeness (QED) is 0.801. The maximum absolute atomic E-state index is 12.4. The Balaban J connectivity index is 2.20. The number of allylic oxidation sites excluding steroid dienone is 3. The van der Waals surface area contributed by atoms with Crippen LogP contribution in [0.5, 0.6) is 0 Å². The normalized spacial score (nSPS) is 21.8. The molecule has 21 heavy (non-hydrogen) atoms. The van der Waals surface area contributed by atoms with Gasteiger partial charge in [-0.05, 0) is 5.56 Å². The third kappa shape index (κ3) is 2.13. The number of nitrogens with zero attached hydrogens (tertiary/aromatic N) is 1. The lowest BCUT2D eigenvalue weighted by molar-refractivity contribution is -0.115. The molecule has 0 saturated heterocycles. The molecule has 4 nitrogen and oxygen atoms in total. The van der Waals surface area contributed by atoms with Crippen molar-refractivity contribution in [1.29, 1.82) is 5.26 Å². The molecule has 1 atom stereocenters. The Morgan fingerprint density at radius 1 is 1.29 bits per heavy atom. The van der Waals surface area contributed by atoms with Gasteiger partial charge in [-0.3, -0.25) is 4.79 Å². The van der Waals surface area contributed by atoms with Crippen LogP contribution in [-0.4, -0.2) is 5.78 Å². The Morgan fingerprint density at radius 2 is 2.00 bits per heavy atom. The molecule has 1 heterocycles. The second kappa shape index (κ2) is 4.95. The van der Waals surface area contributed by atoms with Crippen molar-refractivity contribution in [3.05, 3.63) is 70.8 Å². The van der Waals surface area contributed by atoms with E-state index in [9.17, 15) is 10.1 Å². The fourth-order valence-electron chi connectivity index (χ4n) is 2.85. The molecule has 2 aliphatic rings. The highest BCUT2D eigenvalue weighted by molar-refractivity contribution is 6.01. The Labute approximate surface area is 122 Å². The molecular weight excluding hydrogens is 264 g/mol. The number of hydrogen-bond acceptors (Lipinski definition) is 4. The van der Waals surface area contributed by atoms with Gasteiger partial charge in [0.25, 0.3) is 0 Å². The summed E-state index contributed by atoms with van der Waals surface area (Å²) in [6, 6.07) is 11.5.